The molecule has 16 heavy (non-hydrogen) atoms. The van der Waals surface area contributed by atoms with Crippen LogP contribution in [0, 0.1) is 5.82 Å². The summed E-state index contributed by atoms with van der Waals surface area (Å²) in [5, 5.41) is 12.5. The molecule has 1 saturated carbocycles. The molecule has 0 radical (unpaired) electrons. The SMILES string of the molecule is O/N=C1\CCCC[C@H]1Sc1ccc(F)cc1. The van der Waals surface area contributed by atoms with Gasteiger partial charge in [0.1, 0.15) is 5.82 Å². The Labute approximate surface area is 98.5 Å². The van der Waals surface area contributed by atoms with Crippen LogP contribution in [0.15, 0.2) is 34.3 Å². The van der Waals surface area contributed by atoms with Gasteiger partial charge in [-0.05, 0) is 43.5 Å². The van der Waals surface area contributed by atoms with E-state index in [0.29, 0.717) is 0 Å². The van der Waals surface area contributed by atoms with Crippen LogP contribution in [0.4, 0.5) is 4.39 Å². The van der Waals surface area contributed by atoms with Crippen molar-refractivity contribution in [2.45, 2.75) is 35.8 Å². The van der Waals surface area contributed by atoms with Gasteiger partial charge in [-0.2, -0.15) is 0 Å². The summed E-state index contributed by atoms with van der Waals surface area (Å²) < 4.78 is 12.7. The van der Waals surface area contributed by atoms with Gasteiger partial charge in [0, 0.05) is 4.90 Å². The summed E-state index contributed by atoms with van der Waals surface area (Å²) in [7, 11) is 0. The zero-order valence-electron chi connectivity index (χ0n) is 8.90. The first-order valence-corrected chi connectivity index (χ1v) is 6.30. The molecule has 86 valence electrons. The summed E-state index contributed by atoms with van der Waals surface area (Å²) in [6.07, 6.45) is 4.16. The second-order valence-electron chi connectivity index (χ2n) is 3.90. The van der Waals surface area contributed by atoms with Crippen LogP contribution in [-0.4, -0.2) is 16.2 Å². The molecule has 0 spiro atoms. The molecule has 4 heteroatoms. The molecule has 2 rings (SSSR count). The Morgan fingerprint density at radius 3 is 2.69 bits per heavy atom. The number of nitrogens with zero attached hydrogens (tertiary/aromatic N) is 1. The van der Waals surface area contributed by atoms with Crippen LogP contribution < -0.4 is 0 Å². The number of rotatable bonds is 2. The molecule has 2 nitrogen and oxygen atoms in total. The van der Waals surface area contributed by atoms with Gasteiger partial charge in [-0.15, -0.1) is 11.8 Å². The minimum atomic E-state index is -0.218. The third kappa shape index (κ3) is 2.76. The monoisotopic (exact) mass is 239 g/mol. The highest BCUT2D eigenvalue weighted by molar-refractivity contribution is 8.00. The van der Waals surface area contributed by atoms with E-state index in [1.807, 2.05) is 0 Å². The molecule has 0 aromatic heterocycles. The van der Waals surface area contributed by atoms with Gasteiger partial charge in [-0.25, -0.2) is 4.39 Å². The van der Waals surface area contributed by atoms with E-state index >= 15 is 0 Å². The van der Waals surface area contributed by atoms with Crippen molar-refractivity contribution in [3.63, 3.8) is 0 Å². The fraction of sp³-hybridized carbons (Fsp3) is 0.417. The van der Waals surface area contributed by atoms with E-state index in [1.54, 1.807) is 23.9 Å². The lowest BCUT2D eigenvalue weighted by molar-refractivity contribution is 0.314. The molecule has 0 unspecified atom stereocenters. The second-order valence-corrected chi connectivity index (χ2v) is 5.17. The summed E-state index contributed by atoms with van der Waals surface area (Å²) in [6, 6.07) is 6.45. The number of hydrogen-bond donors (Lipinski definition) is 1. The molecule has 1 atom stereocenters. The number of halogens is 1. The first-order valence-electron chi connectivity index (χ1n) is 5.42. The Hall–Kier alpha value is -1.03. The summed E-state index contributed by atoms with van der Waals surface area (Å²) in [5.74, 6) is -0.218. The summed E-state index contributed by atoms with van der Waals surface area (Å²) in [4.78, 5) is 1.02. The largest absolute Gasteiger partial charge is 0.411 e. The quantitative estimate of drug-likeness (QED) is 0.630. The summed E-state index contributed by atoms with van der Waals surface area (Å²) >= 11 is 1.65. The molecule has 1 fully saturated rings. The van der Waals surface area contributed by atoms with E-state index in [9.17, 15) is 4.39 Å². The zero-order chi connectivity index (χ0) is 11.4. The molecular weight excluding hydrogens is 225 g/mol. The first-order chi connectivity index (χ1) is 7.79. The third-order valence-corrected chi connectivity index (χ3v) is 4.08. The molecule has 0 saturated heterocycles. The molecule has 1 N–H and O–H groups in total. The van der Waals surface area contributed by atoms with Gasteiger partial charge >= 0.3 is 0 Å². The van der Waals surface area contributed by atoms with Gasteiger partial charge in [0.2, 0.25) is 0 Å². The van der Waals surface area contributed by atoms with Gasteiger partial charge < -0.3 is 5.21 Å². The van der Waals surface area contributed by atoms with E-state index in [0.717, 1.165) is 36.3 Å². The molecular formula is C12H14FNOS. The zero-order valence-corrected chi connectivity index (χ0v) is 9.71. The van der Waals surface area contributed by atoms with Crippen molar-refractivity contribution in [2.75, 3.05) is 0 Å². The van der Waals surface area contributed by atoms with Crippen molar-refractivity contribution in [3.8, 4) is 0 Å². The molecule has 1 aliphatic rings. The number of thioether (sulfide) groups is 1. The molecule has 0 amide bonds. The molecule has 1 aromatic rings. The van der Waals surface area contributed by atoms with Crippen LogP contribution in [0.2, 0.25) is 0 Å². The van der Waals surface area contributed by atoms with Gasteiger partial charge in [0.05, 0.1) is 11.0 Å². The van der Waals surface area contributed by atoms with Crippen LogP contribution in [0.1, 0.15) is 25.7 Å². The van der Waals surface area contributed by atoms with Gasteiger partial charge in [0.25, 0.3) is 0 Å². The maximum atomic E-state index is 12.7. The Kier molecular flexibility index (Phi) is 3.83. The fourth-order valence-corrected chi connectivity index (χ4v) is 3.09. The van der Waals surface area contributed by atoms with Gasteiger partial charge in [0.15, 0.2) is 0 Å². The lowest BCUT2D eigenvalue weighted by atomic mass is 9.98. The third-order valence-electron chi connectivity index (χ3n) is 2.74. The fourth-order valence-electron chi connectivity index (χ4n) is 1.88. The molecule has 0 aliphatic heterocycles. The lowest BCUT2D eigenvalue weighted by Gasteiger charge is -2.22. The van der Waals surface area contributed by atoms with E-state index in [2.05, 4.69) is 5.16 Å². The predicted molar refractivity (Wildman–Crippen MR) is 63.7 cm³/mol. The van der Waals surface area contributed by atoms with Gasteiger partial charge in [-0.1, -0.05) is 11.6 Å². The molecule has 1 aliphatic carbocycles. The van der Waals surface area contributed by atoms with Gasteiger partial charge in [-0.3, -0.25) is 0 Å². The maximum Gasteiger partial charge on any atom is 0.123 e. The molecule has 0 bridgehead atoms. The van der Waals surface area contributed by atoms with Crippen molar-refractivity contribution >= 4 is 17.5 Å². The smallest absolute Gasteiger partial charge is 0.123 e. The topological polar surface area (TPSA) is 32.6 Å². The number of benzene rings is 1. The van der Waals surface area contributed by atoms with Crippen LogP contribution in [0.5, 0.6) is 0 Å². The summed E-state index contributed by atoms with van der Waals surface area (Å²) in [5.41, 5.74) is 0.862. The maximum absolute atomic E-state index is 12.7. The Bertz CT molecular complexity index is 377. The highest BCUT2D eigenvalue weighted by Gasteiger charge is 2.21. The lowest BCUT2D eigenvalue weighted by Crippen LogP contribution is -2.21. The van der Waals surface area contributed by atoms with Crippen molar-refractivity contribution < 1.29 is 9.60 Å². The van der Waals surface area contributed by atoms with E-state index in [1.165, 1.54) is 12.1 Å². The van der Waals surface area contributed by atoms with Crippen LogP contribution in [0.3, 0.4) is 0 Å². The van der Waals surface area contributed by atoms with Crippen LogP contribution in [0.25, 0.3) is 0 Å². The average Bonchev–Trinajstić information content (AvgIpc) is 2.33. The first kappa shape index (κ1) is 11.5. The van der Waals surface area contributed by atoms with Crippen molar-refractivity contribution in [2.24, 2.45) is 5.16 Å². The predicted octanol–water partition coefficient (Wildman–Crippen LogP) is 3.69. The minimum Gasteiger partial charge on any atom is -0.411 e. The number of hydrogen-bond acceptors (Lipinski definition) is 3. The number of oxime groups is 1. The average molecular weight is 239 g/mol. The highest BCUT2D eigenvalue weighted by Crippen LogP contribution is 2.32. The Morgan fingerprint density at radius 2 is 2.00 bits per heavy atom. The minimum absolute atomic E-state index is 0.218. The van der Waals surface area contributed by atoms with E-state index in [-0.39, 0.29) is 11.1 Å². The van der Waals surface area contributed by atoms with Crippen molar-refractivity contribution in [3.05, 3.63) is 30.1 Å². The second kappa shape index (κ2) is 5.34. The van der Waals surface area contributed by atoms with E-state index < -0.39 is 0 Å². The Balaban J connectivity index is 2.05. The standard InChI is InChI=1S/C12H14FNOS/c13-9-5-7-10(8-6-9)16-12-4-2-1-3-11(12)14-15/h5-8,12,15H,1-4H2/b14-11+/t12-/m1/s1. The Morgan fingerprint density at radius 1 is 1.25 bits per heavy atom. The van der Waals surface area contributed by atoms with E-state index in [4.69, 9.17) is 5.21 Å². The van der Waals surface area contributed by atoms with Crippen LogP contribution in [-0.2, 0) is 0 Å². The molecule has 0 heterocycles. The normalized spacial score (nSPS) is 23.6. The van der Waals surface area contributed by atoms with Crippen molar-refractivity contribution in [1.29, 1.82) is 0 Å². The molecule has 1 aromatic carbocycles. The highest BCUT2D eigenvalue weighted by atomic mass is 32.2. The van der Waals surface area contributed by atoms with Crippen molar-refractivity contribution in [1.82, 2.24) is 0 Å². The van der Waals surface area contributed by atoms with Crippen LogP contribution >= 0.6 is 11.8 Å². The summed E-state index contributed by atoms with van der Waals surface area (Å²) in [6.45, 7) is 0.